The molecule has 110 valence electrons. The van der Waals surface area contributed by atoms with Gasteiger partial charge in [0.15, 0.2) is 0 Å². The van der Waals surface area contributed by atoms with Gasteiger partial charge in [0.05, 0.1) is 18.8 Å². The van der Waals surface area contributed by atoms with E-state index in [0.717, 1.165) is 5.56 Å². The van der Waals surface area contributed by atoms with Crippen LogP contribution in [0.5, 0.6) is 0 Å². The van der Waals surface area contributed by atoms with Crippen molar-refractivity contribution in [1.29, 1.82) is 0 Å². The quantitative estimate of drug-likeness (QED) is 0.799. The molecule has 0 aliphatic heterocycles. The number of hydrogen-bond acceptors (Lipinski definition) is 3. The summed E-state index contributed by atoms with van der Waals surface area (Å²) in [7, 11) is 0. The van der Waals surface area contributed by atoms with Gasteiger partial charge in [0.2, 0.25) is 11.8 Å². The number of carbonyl (C=O) groups is 2. The zero-order valence-electron chi connectivity index (χ0n) is 11.8. The molecule has 1 unspecified atom stereocenters. The Bertz CT molecular complexity index is 579. The van der Waals surface area contributed by atoms with Crippen LogP contribution in [0.4, 0.5) is 0 Å². The summed E-state index contributed by atoms with van der Waals surface area (Å²) in [5.41, 5.74) is 1.00. The van der Waals surface area contributed by atoms with Crippen LogP contribution in [0.25, 0.3) is 0 Å². The highest BCUT2D eigenvalue weighted by molar-refractivity contribution is 5.96. The van der Waals surface area contributed by atoms with E-state index >= 15 is 0 Å². The van der Waals surface area contributed by atoms with Crippen LogP contribution in [0, 0.1) is 0 Å². The van der Waals surface area contributed by atoms with Crippen LogP contribution in [-0.4, -0.2) is 11.8 Å². The van der Waals surface area contributed by atoms with E-state index in [1.165, 1.54) is 6.26 Å². The fourth-order valence-electron chi connectivity index (χ4n) is 1.92. The minimum absolute atomic E-state index is 0.128. The Morgan fingerprint density at radius 2 is 1.86 bits per heavy atom. The molecule has 21 heavy (non-hydrogen) atoms. The second kappa shape index (κ2) is 7.28. The van der Waals surface area contributed by atoms with Crippen LogP contribution in [0.3, 0.4) is 0 Å². The van der Waals surface area contributed by atoms with E-state index in [0.29, 0.717) is 5.76 Å². The lowest BCUT2D eigenvalue weighted by molar-refractivity contribution is -0.129. The summed E-state index contributed by atoms with van der Waals surface area (Å²) in [6.07, 6.45) is 1.34. The second-order valence-electron chi connectivity index (χ2n) is 4.73. The van der Waals surface area contributed by atoms with Crippen molar-refractivity contribution < 1.29 is 14.0 Å². The first-order chi connectivity index (χ1) is 10.1. The van der Waals surface area contributed by atoms with E-state index in [1.807, 2.05) is 37.3 Å². The van der Waals surface area contributed by atoms with E-state index < -0.39 is 0 Å². The van der Waals surface area contributed by atoms with Gasteiger partial charge in [-0.1, -0.05) is 30.3 Å². The van der Waals surface area contributed by atoms with Crippen LogP contribution in [-0.2, 0) is 16.1 Å². The normalized spacial score (nSPS) is 11.7. The number of rotatable bonds is 6. The van der Waals surface area contributed by atoms with Crippen molar-refractivity contribution in [2.75, 3.05) is 0 Å². The number of nitrogens with one attached hydrogen (secondary N) is 2. The predicted molar refractivity (Wildman–Crippen MR) is 78.2 cm³/mol. The van der Waals surface area contributed by atoms with Crippen molar-refractivity contribution >= 4 is 11.8 Å². The molecule has 2 amide bonds. The molecule has 5 nitrogen and oxygen atoms in total. The minimum Gasteiger partial charge on any atom is -0.467 e. The number of furan rings is 1. The Labute approximate surface area is 123 Å². The van der Waals surface area contributed by atoms with Gasteiger partial charge in [0.1, 0.15) is 12.2 Å². The maximum absolute atomic E-state index is 11.8. The zero-order chi connectivity index (χ0) is 15.1. The molecule has 2 aromatic rings. The van der Waals surface area contributed by atoms with Gasteiger partial charge in [0, 0.05) is 0 Å². The van der Waals surface area contributed by atoms with Crippen molar-refractivity contribution in [2.45, 2.75) is 25.9 Å². The Kier molecular flexibility index (Phi) is 5.15. The van der Waals surface area contributed by atoms with E-state index in [-0.39, 0.29) is 30.8 Å². The van der Waals surface area contributed by atoms with Crippen molar-refractivity contribution in [3.05, 3.63) is 60.1 Å². The molecule has 0 fully saturated rings. The number of carbonyl (C=O) groups excluding carboxylic acids is 2. The number of amides is 2. The molecule has 0 radical (unpaired) electrons. The molecule has 2 N–H and O–H groups in total. The molecule has 1 aromatic heterocycles. The maximum atomic E-state index is 11.8. The summed E-state index contributed by atoms with van der Waals surface area (Å²) in [4.78, 5) is 23.5. The van der Waals surface area contributed by atoms with Gasteiger partial charge in [-0.15, -0.1) is 0 Å². The molecule has 0 bridgehead atoms. The average molecular weight is 286 g/mol. The van der Waals surface area contributed by atoms with E-state index in [1.54, 1.807) is 12.1 Å². The minimum atomic E-state index is -0.329. The Balaban J connectivity index is 1.75. The molecule has 0 aliphatic carbocycles. The molecule has 0 spiro atoms. The van der Waals surface area contributed by atoms with Gasteiger partial charge in [-0.25, -0.2) is 0 Å². The first-order valence-corrected chi connectivity index (χ1v) is 6.78. The third-order valence-corrected chi connectivity index (χ3v) is 3.04. The molecule has 2 rings (SSSR count). The third kappa shape index (κ3) is 4.80. The van der Waals surface area contributed by atoms with Gasteiger partial charge >= 0.3 is 0 Å². The fourth-order valence-corrected chi connectivity index (χ4v) is 1.92. The average Bonchev–Trinajstić information content (AvgIpc) is 2.99. The molecular weight excluding hydrogens is 268 g/mol. The number of benzene rings is 1. The lowest BCUT2D eigenvalue weighted by atomic mass is 10.1. The zero-order valence-corrected chi connectivity index (χ0v) is 11.8. The first-order valence-electron chi connectivity index (χ1n) is 6.78. The molecule has 5 heteroatoms. The smallest absolute Gasteiger partial charge is 0.229 e. The second-order valence-corrected chi connectivity index (χ2v) is 4.73. The van der Waals surface area contributed by atoms with Crippen molar-refractivity contribution in [1.82, 2.24) is 10.6 Å². The van der Waals surface area contributed by atoms with Crippen LogP contribution in [0.1, 0.15) is 30.7 Å². The summed E-state index contributed by atoms with van der Waals surface area (Å²) < 4.78 is 5.10. The summed E-state index contributed by atoms with van der Waals surface area (Å²) in [5, 5.41) is 5.43. The first kappa shape index (κ1) is 14.8. The fraction of sp³-hybridized carbons (Fsp3) is 0.250. The number of hydrogen-bond donors (Lipinski definition) is 2. The molecule has 1 atom stereocenters. The van der Waals surface area contributed by atoms with E-state index in [4.69, 9.17) is 4.42 Å². The molecular formula is C16H18N2O3. The third-order valence-electron chi connectivity index (χ3n) is 3.04. The molecule has 1 aromatic carbocycles. The standard InChI is InChI=1S/C16H18N2O3/c1-12(13-6-3-2-4-7-13)18-16(20)10-15(19)17-11-14-8-5-9-21-14/h2-9,12H,10-11H2,1H3,(H,17,19)(H,18,20). The van der Waals surface area contributed by atoms with Crippen LogP contribution in [0.15, 0.2) is 53.1 Å². The van der Waals surface area contributed by atoms with Crippen LogP contribution in [0.2, 0.25) is 0 Å². The van der Waals surface area contributed by atoms with Crippen LogP contribution < -0.4 is 10.6 Å². The van der Waals surface area contributed by atoms with Crippen molar-refractivity contribution in [3.8, 4) is 0 Å². The highest BCUT2D eigenvalue weighted by Gasteiger charge is 2.13. The summed E-state index contributed by atoms with van der Waals surface area (Å²) in [6, 6.07) is 13.0. The highest BCUT2D eigenvalue weighted by atomic mass is 16.3. The van der Waals surface area contributed by atoms with E-state index in [9.17, 15) is 9.59 Å². The predicted octanol–water partition coefficient (Wildman–Crippen LogP) is 2.16. The summed E-state index contributed by atoms with van der Waals surface area (Å²) in [5.74, 6) is 0.0221. The monoisotopic (exact) mass is 286 g/mol. The van der Waals surface area contributed by atoms with Crippen LogP contribution >= 0.6 is 0 Å². The van der Waals surface area contributed by atoms with E-state index in [2.05, 4.69) is 10.6 Å². The van der Waals surface area contributed by atoms with Gasteiger partial charge in [-0.3, -0.25) is 9.59 Å². The van der Waals surface area contributed by atoms with Gasteiger partial charge < -0.3 is 15.1 Å². The molecule has 1 heterocycles. The van der Waals surface area contributed by atoms with Crippen molar-refractivity contribution in [2.24, 2.45) is 0 Å². The highest BCUT2D eigenvalue weighted by Crippen LogP contribution is 2.11. The summed E-state index contributed by atoms with van der Waals surface area (Å²) in [6.45, 7) is 2.17. The largest absolute Gasteiger partial charge is 0.467 e. The summed E-state index contributed by atoms with van der Waals surface area (Å²) >= 11 is 0. The van der Waals surface area contributed by atoms with Gasteiger partial charge in [-0.2, -0.15) is 0 Å². The topological polar surface area (TPSA) is 71.3 Å². The molecule has 0 saturated heterocycles. The van der Waals surface area contributed by atoms with Gasteiger partial charge in [-0.05, 0) is 24.6 Å². The lowest BCUT2D eigenvalue weighted by Gasteiger charge is -2.14. The Hall–Kier alpha value is -2.56. The maximum Gasteiger partial charge on any atom is 0.229 e. The molecule has 0 saturated carbocycles. The SMILES string of the molecule is CC(NC(=O)CC(=O)NCc1ccco1)c1ccccc1. The van der Waals surface area contributed by atoms with Gasteiger partial charge in [0.25, 0.3) is 0 Å². The van der Waals surface area contributed by atoms with Crippen molar-refractivity contribution in [3.63, 3.8) is 0 Å². The molecule has 0 aliphatic rings. The Morgan fingerprint density at radius 3 is 2.52 bits per heavy atom. The Morgan fingerprint density at radius 1 is 1.10 bits per heavy atom. The lowest BCUT2D eigenvalue weighted by Crippen LogP contribution is -2.33.